The van der Waals surface area contributed by atoms with Crippen molar-refractivity contribution in [3.05, 3.63) is 0 Å². The van der Waals surface area contributed by atoms with Crippen LogP contribution in [0.4, 0.5) is 0 Å². The standard InChI is InChI=1S/C14H26N4O7S/c1-7(11(18)14(22)25-10(19)5-15)24-13(21)9(17)6-23-12(20)8(16)3-4-26-2/h7-9,11H,3-6,15-18H2,1-2H3/t7-,8+,9+,11+/m1/s1. The summed E-state index contributed by atoms with van der Waals surface area (Å²) in [5, 5.41) is 0. The van der Waals surface area contributed by atoms with Gasteiger partial charge in [-0.3, -0.25) is 14.4 Å². The first-order chi connectivity index (χ1) is 12.1. The summed E-state index contributed by atoms with van der Waals surface area (Å²) in [6.07, 6.45) is 1.17. The Morgan fingerprint density at radius 1 is 1.00 bits per heavy atom. The molecule has 0 unspecified atom stereocenters. The highest BCUT2D eigenvalue weighted by Gasteiger charge is 2.29. The summed E-state index contributed by atoms with van der Waals surface area (Å²) in [5.74, 6) is -3.01. The molecule has 0 saturated carbocycles. The summed E-state index contributed by atoms with van der Waals surface area (Å²) in [6, 6.07) is -3.51. The molecule has 0 rings (SSSR count). The maximum Gasteiger partial charge on any atom is 0.334 e. The predicted molar refractivity (Wildman–Crippen MR) is 93.6 cm³/mol. The van der Waals surface area contributed by atoms with Crippen LogP contribution in [0.3, 0.4) is 0 Å². The smallest absolute Gasteiger partial charge is 0.334 e. The van der Waals surface area contributed by atoms with E-state index in [0.717, 1.165) is 0 Å². The molecule has 0 aliphatic carbocycles. The van der Waals surface area contributed by atoms with Crippen molar-refractivity contribution in [2.75, 3.05) is 25.2 Å². The fourth-order valence-electron chi connectivity index (χ4n) is 1.47. The quantitative estimate of drug-likeness (QED) is 0.160. The van der Waals surface area contributed by atoms with E-state index in [9.17, 15) is 19.2 Å². The van der Waals surface area contributed by atoms with Gasteiger partial charge in [-0.15, -0.1) is 0 Å². The van der Waals surface area contributed by atoms with Crippen LogP contribution in [0.25, 0.3) is 0 Å². The van der Waals surface area contributed by atoms with Crippen LogP contribution in [0.2, 0.25) is 0 Å². The molecule has 11 nitrogen and oxygen atoms in total. The van der Waals surface area contributed by atoms with E-state index in [-0.39, 0.29) is 0 Å². The molecule has 4 atom stereocenters. The van der Waals surface area contributed by atoms with Gasteiger partial charge in [0.1, 0.15) is 30.8 Å². The van der Waals surface area contributed by atoms with E-state index >= 15 is 0 Å². The summed E-state index contributed by atoms with van der Waals surface area (Å²) >= 11 is 1.53. The third kappa shape index (κ3) is 9.10. The minimum absolute atomic E-state index is 0.426. The van der Waals surface area contributed by atoms with E-state index in [1.807, 2.05) is 6.26 Å². The van der Waals surface area contributed by atoms with Gasteiger partial charge in [0, 0.05) is 0 Å². The lowest BCUT2D eigenvalue weighted by atomic mass is 10.2. The molecular formula is C14H26N4O7S. The first-order valence-electron chi connectivity index (χ1n) is 7.71. The number of thioether (sulfide) groups is 1. The SMILES string of the molecule is CSCC[C@H](N)C(=O)OC[C@H](N)C(=O)O[C@H](C)[C@H](N)C(=O)OC(=O)CN. The lowest BCUT2D eigenvalue weighted by Crippen LogP contribution is -2.48. The zero-order valence-electron chi connectivity index (χ0n) is 14.7. The molecule has 0 spiro atoms. The summed E-state index contributed by atoms with van der Waals surface area (Å²) in [6.45, 7) is 0.373. The number of rotatable bonds is 11. The minimum Gasteiger partial charge on any atom is -0.462 e. The number of carbonyl (C=O) groups is 4. The molecule has 0 heterocycles. The minimum atomic E-state index is -1.41. The summed E-state index contributed by atoms with van der Waals surface area (Å²) in [4.78, 5) is 46.0. The number of hydrogen-bond donors (Lipinski definition) is 4. The van der Waals surface area contributed by atoms with Crippen LogP contribution < -0.4 is 22.9 Å². The highest BCUT2D eigenvalue weighted by atomic mass is 32.2. The molecule has 0 aromatic heterocycles. The maximum absolute atomic E-state index is 11.8. The van der Waals surface area contributed by atoms with E-state index in [1.54, 1.807) is 0 Å². The highest BCUT2D eigenvalue weighted by molar-refractivity contribution is 7.98. The van der Waals surface area contributed by atoms with Gasteiger partial charge < -0.3 is 37.1 Å². The van der Waals surface area contributed by atoms with Gasteiger partial charge >= 0.3 is 23.9 Å². The Labute approximate surface area is 155 Å². The van der Waals surface area contributed by atoms with Crippen LogP contribution in [0.1, 0.15) is 13.3 Å². The average Bonchev–Trinajstić information content (AvgIpc) is 2.62. The second-order valence-corrected chi connectivity index (χ2v) is 6.28. The molecule has 0 aliphatic heterocycles. The van der Waals surface area contributed by atoms with E-state index < -0.39 is 61.3 Å². The van der Waals surface area contributed by atoms with Crippen molar-refractivity contribution in [1.29, 1.82) is 0 Å². The fourth-order valence-corrected chi connectivity index (χ4v) is 1.96. The summed E-state index contributed by atoms with van der Waals surface area (Å²) < 4.78 is 14.1. The Balaban J connectivity index is 4.37. The number of ether oxygens (including phenoxy) is 3. The van der Waals surface area contributed by atoms with E-state index in [1.165, 1.54) is 18.7 Å². The van der Waals surface area contributed by atoms with Crippen molar-refractivity contribution >= 4 is 35.6 Å². The molecular weight excluding hydrogens is 368 g/mol. The molecule has 150 valence electrons. The average molecular weight is 394 g/mol. The third-order valence-corrected chi connectivity index (χ3v) is 3.75. The van der Waals surface area contributed by atoms with Crippen LogP contribution in [0.5, 0.6) is 0 Å². The first-order valence-corrected chi connectivity index (χ1v) is 9.10. The molecule has 0 amide bonds. The van der Waals surface area contributed by atoms with Crippen LogP contribution in [0, 0.1) is 0 Å². The zero-order chi connectivity index (χ0) is 20.3. The zero-order valence-corrected chi connectivity index (χ0v) is 15.5. The number of esters is 4. The number of nitrogens with two attached hydrogens (primary N) is 4. The monoisotopic (exact) mass is 394 g/mol. The number of carbonyl (C=O) groups excluding carboxylic acids is 4. The summed E-state index contributed by atoms with van der Waals surface area (Å²) in [5.41, 5.74) is 21.7. The first kappa shape index (κ1) is 24.3. The van der Waals surface area contributed by atoms with Crippen molar-refractivity contribution in [2.45, 2.75) is 37.6 Å². The Morgan fingerprint density at radius 2 is 1.62 bits per heavy atom. The Hall–Kier alpha value is -1.73. The second kappa shape index (κ2) is 12.6. The second-order valence-electron chi connectivity index (χ2n) is 5.29. The van der Waals surface area contributed by atoms with Crippen molar-refractivity contribution < 1.29 is 33.4 Å². The normalized spacial score (nSPS) is 15.3. The van der Waals surface area contributed by atoms with Crippen molar-refractivity contribution in [1.82, 2.24) is 0 Å². The molecule has 0 aliphatic rings. The summed E-state index contributed by atoms with van der Waals surface area (Å²) in [7, 11) is 0. The van der Waals surface area contributed by atoms with Gasteiger partial charge in [-0.1, -0.05) is 0 Å². The Morgan fingerprint density at radius 3 is 2.15 bits per heavy atom. The van der Waals surface area contributed by atoms with E-state index in [4.69, 9.17) is 32.4 Å². The molecule has 0 saturated heterocycles. The topological polar surface area (TPSA) is 200 Å². The number of hydrogen-bond acceptors (Lipinski definition) is 12. The Bertz CT molecular complexity index is 506. The predicted octanol–water partition coefficient (Wildman–Crippen LogP) is -2.78. The van der Waals surface area contributed by atoms with E-state index in [2.05, 4.69) is 4.74 Å². The lowest BCUT2D eigenvalue weighted by molar-refractivity contribution is -0.164. The van der Waals surface area contributed by atoms with Gasteiger partial charge in [0.05, 0.1) is 6.54 Å². The van der Waals surface area contributed by atoms with Gasteiger partial charge in [-0.2, -0.15) is 11.8 Å². The van der Waals surface area contributed by atoms with Crippen LogP contribution in [-0.4, -0.2) is 73.3 Å². The van der Waals surface area contributed by atoms with Gasteiger partial charge in [-0.25, -0.2) is 4.79 Å². The maximum atomic E-state index is 11.8. The fraction of sp³-hybridized carbons (Fsp3) is 0.714. The van der Waals surface area contributed by atoms with Gasteiger partial charge in [0.2, 0.25) is 0 Å². The molecule has 12 heteroatoms. The van der Waals surface area contributed by atoms with Gasteiger partial charge in [0.15, 0.2) is 0 Å². The molecule has 0 radical (unpaired) electrons. The highest BCUT2D eigenvalue weighted by Crippen LogP contribution is 2.03. The van der Waals surface area contributed by atoms with E-state index in [0.29, 0.717) is 12.2 Å². The van der Waals surface area contributed by atoms with Crippen molar-refractivity contribution in [2.24, 2.45) is 22.9 Å². The lowest BCUT2D eigenvalue weighted by Gasteiger charge is -2.21. The van der Waals surface area contributed by atoms with Crippen LogP contribution >= 0.6 is 11.8 Å². The third-order valence-electron chi connectivity index (χ3n) is 3.10. The van der Waals surface area contributed by atoms with Crippen molar-refractivity contribution in [3.8, 4) is 0 Å². The molecule has 0 aromatic rings. The Kier molecular flexibility index (Phi) is 11.8. The molecule has 26 heavy (non-hydrogen) atoms. The van der Waals surface area contributed by atoms with Gasteiger partial charge in [-0.05, 0) is 25.4 Å². The molecule has 0 bridgehead atoms. The molecule has 0 aromatic carbocycles. The van der Waals surface area contributed by atoms with Crippen LogP contribution in [0.15, 0.2) is 0 Å². The molecule has 0 fully saturated rings. The largest absolute Gasteiger partial charge is 0.462 e. The molecule has 8 N–H and O–H groups in total. The van der Waals surface area contributed by atoms with Crippen LogP contribution in [-0.2, 0) is 33.4 Å². The van der Waals surface area contributed by atoms with Gasteiger partial charge in [0.25, 0.3) is 0 Å². The van der Waals surface area contributed by atoms with Crippen molar-refractivity contribution in [3.63, 3.8) is 0 Å².